The number of aliphatic hydroxyl groups is 1. The van der Waals surface area contributed by atoms with Crippen molar-refractivity contribution in [2.45, 2.75) is 20.3 Å². The van der Waals surface area contributed by atoms with Crippen molar-refractivity contribution in [1.82, 2.24) is 0 Å². The minimum absolute atomic E-state index is 0.116. The van der Waals surface area contributed by atoms with Crippen molar-refractivity contribution in [2.75, 3.05) is 0 Å². The van der Waals surface area contributed by atoms with Crippen LogP contribution in [0.1, 0.15) is 29.2 Å². The molecule has 2 rings (SSSR count). The SMILES string of the molecule is C=C(/C=C(/O)c1ccccc1C)c1ccc(C(/C=C\F)=C/C=C/C(F)F)cc1.C=CC. The first-order valence-electron chi connectivity index (χ1n) is 9.60. The molecule has 0 fully saturated rings. The fourth-order valence-corrected chi connectivity index (χ4v) is 2.62. The van der Waals surface area contributed by atoms with Crippen molar-refractivity contribution < 1.29 is 18.3 Å². The second kappa shape index (κ2) is 13.6. The largest absolute Gasteiger partial charge is 0.507 e. The molecule has 0 aliphatic heterocycles. The van der Waals surface area contributed by atoms with Gasteiger partial charge in [-0.2, -0.15) is 0 Å². The first-order valence-corrected chi connectivity index (χ1v) is 9.60. The Balaban J connectivity index is 0.00000151. The number of benzene rings is 2. The van der Waals surface area contributed by atoms with E-state index >= 15 is 0 Å². The molecule has 0 heterocycles. The molecule has 0 atom stereocenters. The summed E-state index contributed by atoms with van der Waals surface area (Å²) < 4.78 is 37.1. The van der Waals surface area contributed by atoms with Crippen molar-refractivity contribution in [1.29, 1.82) is 0 Å². The molecule has 0 saturated heterocycles. The predicted octanol–water partition coefficient (Wildman–Crippen LogP) is 8.49. The summed E-state index contributed by atoms with van der Waals surface area (Å²) >= 11 is 0. The quantitative estimate of drug-likeness (QED) is 0.268. The molecule has 0 radical (unpaired) electrons. The van der Waals surface area contributed by atoms with Crippen molar-refractivity contribution in [3.05, 3.63) is 127 Å². The van der Waals surface area contributed by atoms with Gasteiger partial charge in [0.2, 0.25) is 0 Å². The van der Waals surface area contributed by atoms with Gasteiger partial charge in [-0.05, 0) is 59.9 Å². The zero-order valence-electron chi connectivity index (χ0n) is 17.7. The van der Waals surface area contributed by atoms with Crippen LogP contribution in [0.15, 0.2) is 104 Å². The maximum Gasteiger partial charge on any atom is 0.257 e. The lowest BCUT2D eigenvalue weighted by Gasteiger charge is -2.08. The maximum absolute atomic E-state index is 12.6. The summed E-state index contributed by atoms with van der Waals surface area (Å²) in [6, 6.07) is 14.5. The molecule has 162 valence electrons. The number of hydrogen-bond donors (Lipinski definition) is 1. The molecule has 0 aromatic heterocycles. The van der Waals surface area contributed by atoms with Gasteiger partial charge in [-0.15, -0.1) is 6.58 Å². The lowest BCUT2D eigenvalue weighted by molar-refractivity contribution is 0.204. The first kappa shape index (κ1) is 25.5. The molecule has 2 aromatic rings. The van der Waals surface area contributed by atoms with Crippen LogP contribution in [-0.2, 0) is 0 Å². The monoisotopic (exact) mass is 424 g/mol. The van der Waals surface area contributed by atoms with Crippen LogP contribution in [0.3, 0.4) is 0 Å². The molecule has 0 saturated carbocycles. The Morgan fingerprint density at radius 2 is 1.61 bits per heavy atom. The van der Waals surface area contributed by atoms with E-state index in [-0.39, 0.29) is 5.76 Å². The zero-order chi connectivity index (χ0) is 23.2. The Morgan fingerprint density at radius 3 is 2.16 bits per heavy atom. The van der Waals surface area contributed by atoms with Gasteiger partial charge in [0, 0.05) is 5.56 Å². The van der Waals surface area contributed by atoms with Crippen LogP contribution in [0.5, 0.6) is 0 Å². The molecule has 31 heavy (non-hydrogen) atoms. The Bertz CT molecular complexity index is 978. The van der Waals surface area contributed by atoms with Gasteiger partial charge in [0.1, 0.15) is 5.76 Å². The van der Waals surface area contributed by atoms with Crippen LogP contribution < -0.4 is 0 Å². The highest BCUT2D eigenvalue weighted by Gasteiger charge is 2.05. The third-order valence-corrected chi connectivity index (χ3v) is 4.10. The average molecular weight is 425 g/mol. The number of rotatable bonds is 7. The molecule has 0 bridgehead atoms. The normalized spacial score (nSPS) is 12.2. The van der Waals surface area contributed by atoms with E-state index in [1.54, 1.807) is 36.4 Å². The van der Waals surface area contributed by atoms with E-state index in [0.717, 1.165) is 22.8 Å². The van der Waals surface area contributed by atoms with Crippen molar-refractivity contribution in [2.24, 2.45) is 0 Å². The highest BCUT2D eigenvalue weighted by atomic mass is 19.3. The number of aliphatic hydroxyl groups excluding tert-OH is 1. The Labute approximate surface area is 182 Å². The topological polar surface area (TPSA) is 20.2 Å². The summed E-state index contributed by atoms with van der Waals surface area (Å²) in [5.41, 5.74) is 4.17. The zero-order valence-corrected chi connectivity index (χ0v) is 17.7. The van der Waals surface area contributed by atoms with Gasteiger partial charge in [0.25, 0.3) is 6.43 Å². The van der Waals surface area contributed by atoms with Crippen LogP contribution in [-0.4, -0.2) is 11.5 Å². The van der Waals surface area contributed by atoms with E-state index < -0.39 is 6.43 Å². The van der Waals surface area contributed by atoms with Crippen molar-refractivity contribution >= 4 is 16.9 Å². The van der Waals surface area contributed by atoms with Crippen molar-refractivity contribution in [3.8, 4) is 0 Å². The minimum atomic E-state index is -2.56. The smallest absolute Gasteiger partial charge is 0.257 e. The van der Waals surface area contributed by atoms with Gasteiger partial charge in [-0.3, -0.25) is 0 Å². The highest BCUT2D eigenvalue weighted by Crippen LogP contribution is 2.24. The van der Waals surface area contributed by atoms with Gasteiger partial charge in [-0.25, -0.2) is 13.2 Å². The summed E-state index contributed by atoms with van der Waals surface area (Å²) in [5.74, 6) is 0.116. The molecule has 2 aromatic carbocycles. The van der Waals surface area contributed by atoms with Crippen LogP contribution in [0.25, 0.3) is 16.9 Å². The second-order valence-electron chi connectivity index (χ2n) is 6.49. The van der Waals surface area contributed by atoms with Crippen LogP contribution in [0.2, 0.25) is 0 Å². The van der Waals surface area contributed by atoms with E-state index in [4.69, 9.17) is 0 Å². The fraction of sp³-hybridized carbons (Fsp3) is 0.111. The standard InChI is InChI=1S/C24H21F3O.C3H6/c1-17-6-3-4-8-22(17)23(28)16-18(2)19-10-12-21(13-11-19)20(14-15-25)7-5-9-24(26)27;1-3-2/h3-16,24,28H,2H2,1H3;3H,1H2,2H3/b9-5+,15-14-,20-7+,23-16+;. The summed E-state index contributed by atoms with van der Waals surface area (Å²) in [4.78, 5) is 0. The van der Waals surface area contributed by atoms with E-state index in [9.17, 15) is 18.3 Å². The Hall–Kier alpha value is -3.53. The molecular weight excluding hydrogens is 397 g/mol. The molecule has 0 unspecified atom stereocenters. The van der Waals surface area contributed by atoms with Gasteiger partial charge in [0.05, 0.1) is 6.33 Å². The number of allylic oxidation sites excluding steroid dienone is 8. The summed E-state index contributed by atoms with van der Waals surface area (Å²) in [6.45, 7) is 11.1. The number of hydrogen-bond acceptors (Lipinski definition) is 1. The Morgan fingerprint density at radius 1 is 1.03 bits per heavy atom. The molecule has 4 heteroatoms. The molecule has 1 N–H and O–H groups in total. The molecule has 0 aliphatic rings. The lowest BCUT2D eigenvalue weighted by atomic mass is 9.99. The highest BCUT2D eigenvalue weighted by molar-refractivity contribution is 5.82. The van der Waals surface area contributed by atoms with Gasteiger partial charge < -0.3 is 5.11 Å². The number of halogens is 3. The third kappa shape index (κ3) is 8.79. The molecule has 1 nitrogen and oxygen atoms in total. The third-order valence-electron chi connectivity index (χ3n) is 4.10. The van der Waals surface area contributed by atoms with Gasteiger partial charge >= 0.3 is 0 Å². The molecule has 0 spiro atoms. The predicted molar refractivity (Wildman–Crippen MR) is 127 cm³/mol. The van der Waals surface area contributed by atoms with E-state index in [0.29, 0.717) is 23.0 Å². The maximum atomic E-state index is 12.6. The van der Waals surface area contributed by atoms with Gasteiger partial charge in [0.15, 0.2) is 0 Å². The molecule has 0 aliphatic carbocycles. The first-order chi connectivity index (χ1) is 14.8. The van der Waals surface area contributed by atoms with E-state index in [2.05, 4.69) is 13.2 Å². The molecular formula is C27H27F3O. The minimum Gasteiger partial charge on any atom is -0.507 e. The lowest BCUT2D eigenvalue weighted by Crippen LogP contribution is -1.89. The summed E-state index contributed by atoms with van der Waals surface area (Å²) in [6.07, 6.45) is 5.65. The van der Waals surface area contributed by atoms with E-state index in [1.165, 1.54) is 18.2 Å². The summed E-state index contributed by atoms with van der Waals surface area (Å²) in [5, 5.41) is 10.4. The number of alkyl halides is 2. The van der Waals surface area contributed by atoms with Crippen LogP contribution in [0.4, 0.5) is 13.2 Å². The van der Waals surface area contributed by atoms with Crippen LogP contribution >= 0.6 is 0 Å². The molecule has 0 amide bonds. The fourth-order valence-electron chi connectivity index (χ4n) is 2.62. The van der Waals surface area contributed by atoms with Crippen molar-refractivity contribution in [3.63, 3.8) is 0 Å². The van der Waals surface area contributed by atoms with Crippen LogP contribution in [0, 0.1) is 6.92 Å². The Kier molecular flexibility index (Phi) is 11.2. The average Bonchev–Trinajstić information content (AvgIpc) is 2.74. The number of aryl methyl sites for hydroxylation is 1. The van der Waals surface area contributed by atoms with E-state index in [1.807, 2.05) is 38.1 Å². The second-order valence-corrected chi connectivity index (χ2v) is 6.49. The van der Waals surface area contributed by atoms with Gasteiger partial charge in [-0.1, -0.05) is 73.3 Å². The summed E-state index contributed by atoms with van der Waals surface area (Å²) in [7, 11) is 0.